The molecule has 1 atom stereocenters. The first-order chi connectivity index (χ1) is 17.5. The molecule has 5 N–H and O–H groups in total. The largest absolute Gasteiger partial charge is 0.369 e. The third kappa shape index (κ3) is 3.90. The minimum Gasteiger partial charge on any atom is -0.369 e. The fraction of sp³-hybridized carbons (Fsp3) is 0.214. The Morgan fingerprint density at radius 1 is 1.00 bits per heavy atom. The molecule has 8 nitrogen and oxygen atoms in total. The van der Waals surface area contributed by atoms with Gasteiger partial charge in [-0.1, -0.05) is 24.3 Å². The predicted molar refractivity (Wildman–Crippen MR) is 142 cm³/mol. The van der Waals surface area contributed by atoms with E-state index in [9.17, 15) is 4.79 Å². The number of quaternary nitrogens is 1. The van der Waals surface area contributed by atoms with Crippen LogP contribution in [0.1, 0.15) is 31.2 Å². The molecule has 2 aliphatic heterocycles. The van der Waals surface area contributed by atoms with Crippen LogP contribution in [0.15, 0.2) is 94.4 Å². The molecule has 1 unspecified atom stereocenters. The van der Waals surface area contributed by atoms with Crippen molar-refractivity contribution in [1.29, 1.82) is 0 Å². The molecule has 6 rings (SSSR count). The SMILES string of the molecule is NC(=O)C1CCC(C2=C3C=NC=C[N+]3(N)C(c3ccc4ccc(Nc5ccccc5)nc4c3)=N2)CC1. The average molecular weight is 479 g/mol. The Hall–Kier alpha value is -4.14. The third-order valence-electron chi connectivity index (χ3n) is 7.34. The summed E-state index contributed by atoms with van der Waals surface area (Å²) in [6.07, 6.45) is 8.65. The van der Waals surface area contributed by atoms with Gasteiger partial charge in [-0.25, -0.2) is 4.98 Å². The molecule has 0 spiro atoms. The summed E-state index contributed by atoms with van der Waals surface area (Å²) in [6.45, 7) is 0. The highest BCUT2D eigenvalue weighted by atomic mass is 16.1. The van der Waals surface area contributed by atoms with E-state index in [0.29, 0.717) is 0 Å². The lowest BCUT2D eigenvalue weighted by atomic mass is 9.80. The molecule has 36 heavy (non-hydrogen) atoms. The number of hydrogen-bond donors (Lipinski definition) is 3. The number of pyridine rings is 1. The molecule has 2 aromatic carbocycles. The van der Waals surface area contributed by atoms with Crippen LogP contribution in [0.5, 0.6) is 0 Å². The molecular weight excluding hydrogens is 450 g/mol. The van der Waals surface area contributed by atoms with Crippen molar-refractivity contribution >= 4 is 40.4 Å². The highest BCUT2D eigenvalue weighted by molar-refractivity contribution is 6.02. The number of anilines is 2. The van der Waals surface area contributed by atoms with Crippen molar-refractivity contribution in [3.05, 3.63) is 90.0 Å². The molecule has 180 valence electrons. The van der Waals surface area contributed by atoms with Crippen molar-refractivity contribution in [2.75, 3.05) is 5.32 Å². The standard InChI is InChI=1S/C28H27N7O/c29-27(36)20-9-7-19(8-10-20)26-24-17-31-14-15-35(24,30)28(34-26)21-11-6-18-12-13-25(33-23(18)16-21)32-22-4-2-1-3-5-22/h1-6,11-17,19-20H,7-10,30H2,(H2-,29,32,33,36)/p+1. The summed E-state index contributed by atoms with van der Waals surface area (Å²) >= 11 is 0. The van der Waals surface area contributed by atoms with Crippen molar-refractivity contribution in [3.8, 4) is 0 Å². The quantitative estimate of drug-likeness (QED) is 0.370. The number of aliphatic imine (C=N–C) groups is 2. The number of allylic oxidation sites excluding steroid dienone is 2. The summed E-state index contributed by atoms with van der Waals surface area (Å²) in [7, 11) is 0. The van der Waals surface area contributed by atoms with Gasteiger partial charge in [-0.05, 0) is 62.1 Å². The van der Waals surface area contributed by atoms with Crippen LogP contribution in [0, 0.1) is 11.8 Å². The van der Waals surface area contributed by atoms with Gasteiger partial charge in [0, 0.05) is 22.9 Å². The molecule has 8 heteroatoms. The van der Waals surface area contributed by atoms with Gasteiger partial charge >= 0.3 is 0 Å². The highest BCUT2D eigenvalue weighted by Gasteiger charge is 2.46. The van der Waals surface area contributed by atoms with Crippen molar-refractivity contribution < 1.29 is 9.39 Å². The van der Waals surface area contributed by atoms with Crippen LogP contribution in [-0.4, -0.2) is 27.5 Å². The lowest BCUT2D eigenvalue weighted by Gasteiger charge is -2.28. The summed E-state index contributed by atoms with van der Waals surface area (Å²) in [5, 5.41) is 4.40. The number of nitrogens with two attached hydrogens (primary N) is 2. The zero-order valence-electron chi connectivity index (χ0n) is 19.8. The van der Waals surface area contributed by atoms with Crippen LogP contribution in [0.4, 0.5) is 11.5 Å². The lowest BCUT2D eigenvalue weighted by Crippen LogP contribution is -2.53. The number of aromatic nitrogens is 1. The molecule has 0 radical (unpaired) electrons. The zero-order valence-corrected chi connectivity index (χ0v) is 19.8. The summed E-state index contributed by atoms with van der Waals surface area (Å²) in [5.41, 5.74) is 10.1. The molecular formula is C28H28N7O+. The second-order valence-corrected chi connectivity index (χ2v) is 9.61. The first-order valence-corrected chi connectivity index (χ1v) is 12.3. The number of primary amides is 1. The number of amides is 1. The van der Waals surface area contributed by atoms with Gasteiger partial charge in [0.25, 0.3) is 5.84 Å². The number of carbonyl (C=O) groups is 1. The van der Waals surface area contributed by atoms with Crippen LogP contribution >= 0.6 is 0 Å². The molecule has 3 aromatic rings. The van der Waals surface area contributed by atoms with Crippen LogP contribution in [-0.2, 0) is 4.79 Å². The summed E-state index contributed by atoms with van der Waals surface area (Å²) in [4.78, 5) is 26.0. The third-order valence-corrected chi connectivity index (χ3v) is 7.34. The monoisotopic (exact) mass is 478 g/mol. The minimum atomic E-state index is -0.211. The van der Waals surface area contributed by atoms with Crippen molar-refractivity contribution in [1.82, 2.24) is 4.98 Å². The van der Waals surface area contributed by atoms with E-state index in [4.69, 9.17) is 21.6 Å². The van der Waals surface area contributed by atoms with E-state index in [1.165, 1.54) is 0 Å². The maximum Gasteiger partial charge on any atom is 0.264 e. The number of benzene rings is 2. The van der Waals surface area contributed by atoms with Gasteiger partial charge in [0.15, 0.2) is 0 Å². The first kappa shape index (κ1) is 22.3. The van der Waals surface area contributed by atoms with E-state index in [1.807, 2.05) is 60.9 Å². The molecule has 1 amide bonds. The minimum absolute atomic E-state index is 0.0257. The molecule has 0 saturated heterocycles. The van der Waals surface area contributed by atoms with Crippen LogP contribution in [0.25, 0.3) is 10.9 Å². The van der Waals surface area contributed by atoms with Crippen LogP contribution in [0.2, 0.25) is 0 Å². The topological polar surface area (TPSA) is 119 Å². The Morgan fingerprint density at radius 2 is 1.78 bits per heavy atom. The molecule has 0 bridgehead atoms. The Labute approximate surface area is 209 Å². The van der Waals surface area contributed by atoms with Crippen molar-refractivity contribution in [2.24, 2.45) is 33.4 Å². The van der Waals surface area contributed by atoms with Crippen molar-refractivity contribution in [2.45, 2.75) is 25.7 Å². The van der Waals surface area contributed by atoms with E-state index < -0.39 is 0 Å². The molecule has 1 fully saturated rings. The van der Waals surface area contributed by atoms with Crippen molar-refractivity contribution in [3.63, 3.8) is 0 Å². The second-order valence-electron chi connectivity index (χ2n) is 9.61. The molecule has 3 aliphatic rings. The highest BCUT2D eigenvalue weighted by Crippen LogP contribution is 2.41. The Kier molecular flexibility index (Phi) is 5.47. The number of para-hydroxylation sites is 1. The van der Waals surface area contributed by atoms with Gasteiger partial charge in [-0.3, -0.25) is 9.79 Å². The van der Waals surface area contributed by atoms with Gasteiger partial charge in [0.1, 0.15) is 17.7 Å². The molecule has 1 saturated carbocycles. The van der Waals surface area contributed by atoms with E-state index in [1.54, 1.807) is 6.20 Å². The number of hydrogen-bond acceptors (Lipinski definition) is 6. The van der Waals surface area contributed by atoms with Gasteiger partial charge in [-0.2, -0.15) is 10.8 Å². The number of carbonyl (C=O) groups excluding carboxylic acids is 1. The Balaban J connectivity index is 1.35. The number of nitrogens with one attached hydrogen (secondary N) is 1. The predicted octanol–water partition coefficient (Wildman–Crippen LogP) is 4.49. The molecule has 1 aromatic heterocycles. The van der Waals surface area contributed by atoms with Crippen LogP contribution < -0.4 is 16.9 Å². The van der Waals surface area contributed by atoms with Gasteiger partial charge in [-0.15, -0.1) is 4.59 Å². The van der Waals surface area contributed by atoms with E-state index in [2.05, 4.69) is 22.4 Å². The lowest BCUT2D eigenvalue weighted by molar-refractivity contribution is -0.750. The van der Waals surface area contributed by atoms with Gasteiger partial charge < -0.3 is 11.1 Å². The summed E-state index contributed by atoms with van der Waals surface area (Å²) in [6, 6.07) is 20.1. The normalized spacial score (nSPS) is 25.1. The number of fused-ring (bicyclic) bond motifs is 2. The molecule has 3 heterocycles. The smallest absolute Gasteiger partial charge is 0.264 e. The number of rotatable bonds is 5. The Bertz CT molecular complexity index is 1470. The maximum atomic E-state index is 11.7. The van der Waals surface area contributed by atoms with Gasteiger partial charge in [0.2, 0.25) is 11.6 Å². The number of nitrogens with zero attached hydrogens (tertiary/aromatic N) is 4. The summed E-state index contributed by atoms with van der Waals surface area (Å²) < 4.78 is -0.0257. The zero-order chi connectivity index (χ0) is 24.7. The van der Waals surface area contributed by atoms with Gasteiger partial charge in [0.05, 0.1) is 23.5 Å². The number of amidine groups is 1. The van der Waals surface area contributed by atoms with E-state index in [0.717, 1.165) is 70.9 Å². The maximum absolute atomic E-state index is 11.7. The van der Waals surface area contributed by atoms with Crippen LogP contribution in [0.3, 0.4) is 0 Å². The van der Waals surface area contributed by atoms with E-state index in [-0.39, 0.29) is 22.3 Å². The summed E-state index contributed by atoms with van der Waals surface area (Å²) in [5.74, 6) is 8.41. The average Bonchev–Trinajstić information content (AvgIpc) is 3.22. The fourth-order valence-corrected chi connectivity index (χ4v) is 5.35. The van der Waals surface area contributed by atoms with E-state index >= 15 is 0 Å². The fourth-order valence-electron chi connectivity index (χ4n) is 5.35. The second kappa shape index (κ2) is 8.82. The Morgan fingerprint density at radius 3 is 2.56 bits per heavy atom. The first-order valence-electron chi connectivity index (χ1n) is 12.3. The molecule has 1 aliphatic carbocycles.